The van der Waals surface area contributed by atoms with Gasteiger partial charge in [-0.1, -0.05) is 50.6 Å². The Balaban J connectivity index is 2.27. The molecule has 1 aromatic carbocycles. The Kier molecular flexibility index (Phi) is 4.91. The van der Waals surface area contributed by atoms with Crippen molar-refractivity contribution in [2.45, 2.75) is 33.2 Å². The molecule has 0 fully saturated rings. The van der Waals surface area contributed by atoms with Crippen molar-refractivity contribution in [2.75, 3.05) is 6.61 Å². The van der Waals surface area contributed by atoms with Crippen LogP contribution in [-0.2, 0) is 0 Å². The number of carbonyl (C=O) groups excluding carboxylic acids is 1. The van der Waals surface area contributed by atoms with Gasteiger partial charge in [-0.05, 0) is 17.9 Å². The number of hydrogen-bond acceptors (Lipinski definition) is 3. The Labute approximate surface area is 133 Å². The smallest absolute Gasteiger partial charge is 0.263 e. The highest BCUT2D eigenvalue weighted by atomic mass is 35.5. The van der Waals surface area contributed by atoms with Gasteiger partial charge in [0.1, 0.15) is 4.88 Å². The van der Waals surface area contributed by atoms with Gasteiger partial charge < -0.3 is 10.4 Å². The number of fused-ring (bicyclic) bond motifs is 1. The fourth-order valence-electron chi connectivity index (χ4n) is 2.23. The molecule has 114 valence electrons. The fourth-order valence-corrected chi connectivity index (χ4v) is 3.65. The van der Waals surface area contributed by atoms with E-state index in [1.54, 1.807) is 0 Å². The summed E-state index contributed by atoms with van der Waals surface area (Å²) >= 11 is 7.72. The molecule has 1 heterocycles. The Hall–Kier alpha value is -1.10. The summed E-state index contributed by atoms with van der Waals surface area (Å²) in [6, 6.07) is 7.61. The van der Waals surface area contributed by atoms with E-state index < -0.39 is 0 Å². The van der Waals surface area contributed by atoms with Gasteiger partial charge in [0.25, 0.3) is 5.91 Å². The van der Waals surface area contributed by atoms with Crippen LogP contribution in [0.5, 0.6) is 0 Å². The molecular formula is C16H20ClNO2S. The third-order valence-electron chi connectivity index (χ3n) is 3.51. The molecule has 1 atom stereocenters. The van der Waals surface area contributed by atoms with E-state index in [-0.39, 0.29) is 24.0 Å². The lowest BCUT2D eigenvalue weighted by molar-refractivity contribution is 0.0889. The van der Waals surface area contributed by atoms with Crippen LogP contribution in [0.3, 0.4) is 0 Å². The van der Waals surface area contributed by atoms with Gasteiger partial charge in [-0.25, -0.2) is 0 Å². The zero-order valence-corrected chi connectivity index (χ0v) is 14.0. The second kappa shape index (κ2) is 6.34. The van der Waals surface area contributed by atoms with Gasteiger partial charge in [0.2, 0.25) is 0 Å². The third kappa shape index (κ3) is 3.57. The van der Waals surface area contributed by atoms with Crippen LogP contribution in [-0.4, -0.2) is 23.7 Å². The number of thiophene rings is 1. The number of amides is 1. The quantitative estimate of drug-likeness (QED) is 0.889. The molecule has 0 aliphatic heterocycles. The van der Waals surface area contributed by atoms with E-state index in [1.165, 1.54) is 11.3 Å². The van der Waals surface area contributed by atoms with Crippen molar-refractivity contribution < 1.29 is 9.90 Å². The summed E-state index contributed by atoms with van der Waals surface area (Å²) in [5.41, 5.74) is -0.123. The van der Waals surface area contributed by atoms with E-state index in [4.69, 9.17) is 11.6 Å². The summed E-state index contributed by atoms with van der Waals surface area (Å²) in [6.07, 6.45) is 0.526. The molecular weight excluding hydrogens is 306 g/mol. The van der Waals surface area contributed by atoms with E-state index >= 15 is 0 Å². The molecule has 3 nitrogen and oxygen atoms in total. The zero-order chi connectivity index (χ0) is 15.6. The second-order valence-electron chi connectivity index (χ2n) is 6.15. The summed E-state index contributed by atoms with van der Waals surface area (Å²) in [6.45, 7) is 6.17. The Morgan fingerprint density at radius 1 is 1.38 bits per heavy atom. The standard InChI is InChI=1S/C16H20ClNO2S/c1-16(2,3)12(8-9-19)18-15(20)14-13(17)10-6-4-5-7-11(10)21-14/h4-7,12,19H,8-9H2,1-3H3,(H,18,20). The molecule has 0 saturated heterocycles. The van der Waals surface area contributed by atoms with Gasteiger partial charge in [-0.15, -0.1) is 11.3 Å². The van der Waals surface area contributed by atoms with E-state index in [0.29, 0.717) is 16.3 Å². The van der Waals surface area contributed by atoms with Gasteiger partial charge in [0, 0.05) is 22.7 Å². The summed E-state index contributed by atoms with van der Waals surface area (Å²) in [4.78, 5) is 13.0. The number of aliphatic hydroxyl groups is 1. The first kappa shape index (κ1) is 16.3. The zero-order valence-electron chi connectivity index (χ0n) is 12.4. The van der Waals surface area contributed by atoms with Crippen LogP contribution in [0.1, 0.15) is 36.9 Å². The van der Waals surface area contributed by atoms with Crippen molar-refractivity contribution in [1.82, 2.24) is 5.32 Å². The number of halogens is 1. The van der Waals surface area contributed by atoms with Crippen LogP contribution < -0.4 is 5.32 Å². The first-order valence-electron chi connectivity index (χ1n) is 6.93. The molecule has 2 aromatic rings. The van der Waals surface area contributed by atoms with Crippen LogP contribution in [0.2, 0.25) is 5.02 Å². The number of nitrogens with one attached hydrogen (secondary N) is 1. The molecule has 2 rings (SSSR count). The highest BCUT2D eigenvalue weighted by Crippen LogP contribution is 2.35. The maximum absolute atomic E-state index is 12.5. The predicted octanol–water partition coefficient (Wildman–Crippen LogP) is 4.08. The van der Waals surface area contributed by atoms with Gasteiger partial charge >= 0.3 is 0 Å². The third-order valence-corrected chi connectivity index (χ3v) is 5.18. The minimum absolute atomic E-state index is 0.0440. The monoisotopic (exact) mass is 325 g/mol. The fraction of sp³-hybridized carbons (Fsp3) is 0.438. The molecule has 0 bridgehead atoms. The molecule has 5 heteroatoms. The number of aliphatic hydroxyl groups excluding tert-OH is 1. The lowest BCUT2D eigenvalue weighted by atomic mass is 9.85. The molecule has 1 amide bonds. The van der Waals surface area contributed by atoms with E-state index in [0.717, 1.165) is 10.1 Å². The van der Waals surface area contributed by atoms with E-state index in [1.807, 2.05) is 45.0 Å². The lowest BCUT2D eigenvalue weighted by Crippen LogP contribution is -2.44. The van der Waals surface area contributed by atoms with Crippen molar-refractivity contribution in [2.24, 2.45) is 5.41 Å². The largest absolute Gasteiger partial charge is 0.396 e. The summed E-state index contributed by atoms with van der Waals surface area (Å²) in [5, 5.41) is 13.6. The van der Waals surface area contributed by atoms with Crippen molar-refractivity contribution >= 4 is 38.9 Å². The average Bonchev–Trinajstić information content (AvgIpc) is 2.75. The van der Waals surface area contributed by atoms with Crippen LogP contribution in [0.25, 0.3) is 10.1 Å². The molecule has 0 aliphatic rings. The maximum atomic E-state index is 12.5. The minimum atomic E-state index is -0.172. The molecule has 0 aliphatic carbocycles. The lowest BCUT2D eigenvalue weighted by Gasteiger charge is -2.31. The van der Waals surface area contributed by atoms with Crippen LogP contribution in [0.4, 0.5) is 0 Å². The van der Waals surface area contributed by atoms with Crippen molar-refractivity contribution in [1.29, 1.82) is 0 Å². The predicted molar refractivity (Wildman–Crippen MR) is 89.2 cm³/mol. The number of benzene rings is 1. The van der Waals surface area contributed by atoms with Crippen LogP contribution in [0.15, 0.2) is 24.3 Å². The van der Waals surface area contributed by atoms with Gasteiger partial charge in [-0.3, -0.25) is 4.79 Å². The van der Waals surface area contributed by atoms with Gasteiger partial charge in [0.15, 0.2) is 0 Å². The van der Waals surface area contributed by atoms with Gasteiger partial charge in [-0.2, -0.15) is 0 Å². The Morgan fingerprint density at radius 3 is 2.62 bits per heavy atom. The van der Waals surface area contributed by atoms with E-state index in [9.17, 15) is 9.90 Å². The summed E-state index contributed by atoms with van der Waals surface area (Å²) in [5.74, 6) is -0.172. The second-order valence-corrected chi connectivity index (χ2v) is 7.58. The molecule has 21 heavy (non-hydrogen) atoms. The van der Waals surface area contributed by atoms with Crippen molar-refractivity contribution in [3.8, 4) is 0 Å². The van der Waals surface area contributed by atoms with Crippen molar-refractivity contribution in [3.63, 3.8) is 0 Å². The normalized spacial score (nSPS) is 13.4. The first-order valence-corrected chi connectivity index (χ1v) is 8.12. The molecule has 1 unspecified atom stereocenters. The Morgan fingerprint density at radius 2 is 2.05 bits per heavy atom. The van der Waals surface area contributed by atoms with Crippen molar-refractivity contribution in [3.05, 3.63) is 34.2 Å². The molecule has 0 saturated carbocycles. The van der Waals surface area contributed by atoms with E-state index in [2.05, 4.69) is 5.32 Å². The molecule has 1 aromatic heterocycles. The van der Waals surface area contributed by atoms with Crippen LogP contribution >= 0.6 is 22.9 Å². The number of hydrogen-bond donors (Lipinski definition) is 2. The molecule has 0 spiro atoms. The first-order chi connectivity index (χ1) is 9.84. The Bertz CT molecular complexity index is 645. The number of rotatable bonds is 4. The summed E-state index contributed by atoms with van der Waals surface area (Å²) in [7, 11) is 0. The average molecular weight is 326 g/mol. The highest BCUT2D eigenvalue weighted by Gasteiger charge is 2.27. The number of carbonyl (C=O) groups is 1. The molecule has 0 radical (unpaired) electrons. The topological polar surface area (TPSA) is 49.3 Å². The SMILES string of the molecule is CC(C)(C)C(CCO)NC(=O)c1sc2ccccc2c1Cl. The van der Waals surface area contributed by atoms with Gasteiger partial charge in [0.05, 0.1) is 5.02 Å². The maximum Gasteiger partial charge on any atom is 0.263 e. The van der Waals surface area contributed by atoms with Crippen LogP contribution in [0, 0.1) is 5.41 Å². The summed E-state index contributed by atoms with van der Waals surface area (Å²) < 4.78 is 1.00. The minimum Gasteiger partial charge on any atom is -0.396 e. The molecule has 2 N–H and O–H groups in total. The highest BCUT2D eigenvalue weighted by molar-refractivity contribution is 7.21.